The SMILES string of the molecule is C1=Cc2cccc(OCC3CCCCC3COC3CCCC4CCCNC43)c2NC1. The van der Waals surface area contributed by atoms with Gasteiger partial charge in [-0.25, -0.2) is 0 Å². The molecule has 1 aromatic rings. The molecule has 0 aromatic heterocycles. The standard InChI is InChI=1S/C26H38N2O2/c1-2-8-22(18-30-24-14-4-10-20-12-6-16-28-26(20)24)21(7-1)17-29-23-13-3-9-19-11-5-15-27-25(19)23/h3,5,9,11,13,20-22,24,26-28H,1-2,4,6-8,10,12,14-18H2. The average molecular weight is 411 g/mol. The van der Waals surface area contributed by atoms with Crippen LogP contribution in [-0.2, 0) is 4.74 Å². The van der Waals surface area contributed by atoms with Crippen molar-refractivity contribution in [1.82, 2.24) is 5.32 Å². The summed E-state index contributed by atoms with van der Waals surface area (Å²) >= 11 is 0. The molecule has 3 fully saturated rings. The molecule has 0 bridgehead atoms. The molecule has 2 aliphatic carbocycles. The molecule has 2 aliphatic heterocycles. The Kier molecular flexibility index (Phi) is 6.62. The van der Waals surface area contributed by atoms with E-state index in [-0.39, 0.29) is 0 Å². The van der Waals surface area contributed by atoms with Gasteiger partial charge in [0, 0.05) is 18.2 Å². The van der Waals surface area contributed by atoms with Crippen molar-refractivity contribution in [3.8, 4) is 5.75 Å². The highest BCUT2D eigenvalue weighted by Crippen LogP contribution is 2.37. The second-order valence-electron chi connectivity index (χ2n) is 9.80. The number of para-hydroxylation sites is 1. The molecule has 164 valence electrons. The van der Waals surface area contributed by atoms with E-state index in [1.165, 1.54) is 69.9 Å². The van der Waals surface area contributed by atoms with Gasteiger partial charge in [-0.1, -0.05) is 43.5 Å². The van der Waals surface area contributed by atoms with Gasteiger partial charge in [-0.05, 0) is 68.9 Å². The summed E-state index contributed by atoms with van der Waals surface area (Å²) in [4.78, 5) is 0. The molecule has 2 N–H and O–H groups in total. The molecule has 4 aliphatic rings. The van der Waals surface area contributed by atoms with Crippen LogP contribution >= 0.6 is 0 Å². The lowest BCUT2D eigenvalue weighted by atomic mass is 9.77. The van der Waals surface area contributed by atoms with Crippen molar-refractivity contribution < 1.29 is 9.47 Å². The molecule has 2 heterocycles. The van der Waals surface area contributed by atoms with Crippen LogP contribution in [0.5, 0.6) is 5.75 Å². The van der Waals surface area contributed by atoms with Crippen LogP contribution in [0.25, 0.3) is 6.08 Å². The highest BCUT2D eigenvalue weighted by Gasteiger charge is 2.36. The minimum atomic E-state index is 0.421. The summed E-state index contributed by atoms with van der Waals surface area (Å²) in [6.45, 7) is 3.78. The van der Waals surface area contributed by atoms with Crippen LogP contribution in [-0.4, -0.2) is 38.4 Å². The molecule has 30 heavy (non-hydrogen) atoms. The van der Waals surface area contributed by atoms with Gasteiger partial charge >= 0.3 is 0 Å². The molecule has 0 spiro atoms. The summed E-state index contributed by atoms with van der Waals surface area (Å²) < 4.78 is 13.0. The van der Waals surface area contributed by atoms with Crippen LogP contribution in [0, 0.1) is 17.8 Å². The third-order valence-electron chi connectivity index (χ3n) is 7.90. The van der Waals surface area contributed by atoms with E-state index in [4.69, 9.17) is 9.47 Å². The lowest BCUT2D eigenvalue weighted by Gasteiger charge is -2.42. The first-order valence-corrected chi connectivity index (χ1v) is 12.4. The molecule has 5 atom stereocenters. The van der Waals surface area contributed by atoms with Crippen molar-refractivity contribution >= 4 is 11.8 Å². The number of ether oxygens (including phenoxy) is 2. The Morgan fingerprint density at radius 1 is 0.900 bits per heavy atom. The lowest BCUT2D eigenvalue weighted by Crippen LogP contribution is -2.52. The Hall–Kier alpha value is -1.52. The van der Waals surface area contributed by atoms with Gasteiger partial charge < -0.3 is 20.1 Å². The van der Waals surface area contributed by atoms with Crippen molar-refractivity contribution in [3.05, 3.63) is 29.8 Å². The van der Waals surface area contributed by atoms with Gasteiger partial charge in [-0.2, -0.15) is 0 Å². The van der Waals surface area contributed by atoms with Crippen LogP contribution in [0.1, 0.15) is 63.4 Å². The fraction of sp³-hybridized carbons (Fsp3) is 0.692. The van der Waals surface area contributed by atoms with Crippen LogP contribution in [0.2, 0.25) is 0 Å². The first-order valence-electron chi connectivity index (χ1n) is 12.4. The maximum absolute atomic E-state index is 6.63. The third kappa shape index (κ3) is 4.55. The van der Waals surface area contributed by atoms with Gasteiger partial charge in [0.1, 0.15) is 5.75 Å². The monoisotopic (exact) mass is 410 g/mol. The van der Waals surface area contributed by atoms with Gasteiger partial charge in [-0.3, -0.25) is 0 Å². The van der Waals surface area contributed by atoms with Crippen LogP contribution in [0.3, 0.4) is 0 Å². The van der Waals surface area contributed by atoms with Crippen molar-refractivity contribution in [2.45, 2.75) is 69.9 Å². The molecule has 5 rings (SSSR count). The molecule has 2 saturated carbocycles. The highest BCUT2D eigenvalue weighted by molar-refractivity contribution is 5.75. The summed E-state index contributed by atoms with van der Waals surface area (Å²) in [5.74, 6) is 3.08. The van der Waals surface area contributed by atoms with E-state index in [0.29, 0.717) is 24.0 Å². The van der Waals surface area contributed by atoms with E-state index < -0.39 is 0 Å². The number of hydrogen-bond acceptors (Lipinski definition) is 4. The Bertz CT molecular complexity index is 732. The predicted molar refractivity (Wildman–Crippen MR) is 123 cm³/mol. The topological polar surface area (TPSA) is 42.5 Å². The van der Waals surface area contributed by atoms with E-state index in [1.54, 1.807) is 0 Å². The zero-order valence-electron chi connectivity index (χ0n) is 18.3. The summed E-state index contributed by atoms with van der Waals surface area (Å²) in [5, 5.41) is 7.26. The lowest BCUT2D eigenvalue weighted by molar-refractivity contribution is -0.0521. The van der Waals surface area contributed by atoms with Gasteiger partial charge in [0.15, 0.2) is 0 Å². The molecular formula is C26H38N2O2. The number of nitrogens with one attached hydrogen (secondary N) is 2. The molecule has 0 amide bonds. The Balaban J connectivity index is 1.18. The fourth-order valence-electron chi connectivity index (χ4n) is 6.20. The van der Waals surface area contributed by atoms with Gasteiger partial charge in [0.2, 0.25) is 0 Å². The second kappa shape index (κ2) is 9.74. The minimum absolute atomic E-state index is 0.421. The normalized spacial score (nSPS) is 33.3. The quantitative estimate of drug-likeness (QED) is 0.672. The van der Waals surface area contributed by atoms with Crippen LogP contribution in [0.15, 0.2) is 24.3 Å². The smallest absolute Gasteiger partial charge is 0.143 e. The van der Waals surface area contributed by atoms with E-state index in [0.717, 1.165) is 37.1 Å². The van der Waals surface area contributed by atoms with E-state index in [9.17, 15) is 0 Å². The van der Waals surface area contributed by atoms with Crippen molar-refractivity contribution in [3.63, 3.8) is 0 Å². The fourth-order valence-corrected chi connectivity index (χ4v) is 6.20. The first kappa shape index (κ1) is 20.4. The van der Waals surface area contributed by atoms with Crippen LogP contribution in [0.4, 0.5) is 5.69 Å². The summed E-state index contributed by atoms with van der Waals surface area (Å²) in [6.07, 6.45) is 16.7. The van der Waals surface area contributed by atoms with E-state index in [1.807, 2.05) is 0 Å². The van der Waals surface area contributed by atoms with Crippen LogP contribution < -0.4 is 15.4 Å². The number of benzene rings is 1. The minimum Gasteiger partial charge on any atom is -0.491 e. The molecule has 1 aromatic carbocycles. The third-order valence-corrected chi connectivity index (χ3v) is 7.90. The maximum Gasteiger partial charge on any atom is 0.143 e. The Labute approximate surface area is 181 Å². The molecule has 5 unspecified atom stereocenters. The van der Waals surface area contributed by atoms with Gasteiger partial charge in [0.05, 0.1) is 25.0 Å². The first-order chi connectivity index (χ1) is 14.9. The highest BCUT2D eigenvalue weighted by atomic mass is 16.5. The number of piperidine rings is 1. The average Bonchev–Trinajstić information content (AvgIpc) is 2.82. The predicted octanol–water partition coefficient (Wildman–Crippen LogP) is 5.25. The molecular weight excluding hydrogens is 372 g/mol. The molecule has 4 nitrogen and oxygen atoms in total. The number of rotatable bonds is 6. The Morgan fingerprint density at radius 3 is 2.70 bits per heavy atom. The zero-order valence-corrected chi connectivity index (χ0v) is 18.3. The summed E-state index contributed by atoms with van der Waals surface area (Å²) in [6, 6.07) is 6.96. The maximum atomic E-state index is 6.63. The largest absolute Gasteiger partial charge is 0.491 e. The van der Waals surface area contributed by atoms with Crippen molar-refractivity contribution in [1.29, 1.82) is 0 Å². The summed E-state index contributed by atoms with van der Waals surface area (Å²) in [5.41, 5.74) is 2.38. The second-order valence-corrected chi connectivity index (χ2v) is 9.80. The number of anilines is 1. The molecule has 1 saturated heterocycles. The van der Waals surface area contributed by atoms with Crippen molar-refractivity contribution in [2.24, 2.45) is 17.8 Å². The zero-order chi connectivity index (χ0) is 20.2. The van der Waals surface area contributed by atoms with E-state index >= 15 is 0 Å². The van der Waals surface area contributed by atoms with E-state index in [2.05, 4.69) is 41.0 Å². The van der Waals surface area contributed by atoms with Gasteiger partial charge in [0.25, 0.3) is 0 Å². The molecule has 0 radical (unpaired) electrons. The number of hydrogen-bond donors (Lipinski definition) is 2. The Morgan fingerprint density at radius 2 is 1.77 bits per heavy atom. The summed E-state index contributed by atoms with van der Waals surface area (Å²) in [7, 11) is 0. The molecule has 4 heteroatoms. The van der Waals surface area contributed by atoms with Crippen molar-refractivity contribution in [2.75, 3.05) is 31.6 Å². The number of fused-ring (bicyclic) bond motifs is 2. The van der Waals surface area contributed by atoms with Gasteiger partial charge in [-0.15, -0.1) is 0 Å².